The van der Waals surface area contributed by atoms with Gasteiger partial charge in [0.15, 0.2) is 0 Å². The highest BCUT2D eigenvalue weighted by Gasteiger charge is 2.43. The van der Waals surface area contributed by atoms with Gasteiger partial charge in [-0.15, -0.1) is 0 Å². The smallest absolute Gasteiger partial charge is 0.120 e. The molecule has 0 atom stereocenters. The molecule has 0 amide bonds. The van der Waals surface area contributed by atoms with Crippen LogP contribution in [0.2, 0.25) is 50.9 Å². The molecular weight excluding hydrogens is 300 g/mol. The Morgan fingerprint density at radius 1 is 1.14 bits per heavy atom. The van der Waals surface area contributed by atoms with Crippen LogP contribution in [0.5, 0.6) is 5.75 Å². The zero-order valence-corrected chi connectivity index (χ0v) is 17.0. The fraction of sp³-hybridized carbons (Fsp3) is 0.579. The number of rotatable bonds is 5. The Hall–Kier alpha value is -0.806. The summed E-state index contributed by atoms with van der Waals surface area (Å²) in [4.78, 5) is 0. The summed E-state index contributed by atoms with van der Waals surface area (Å²) in [5.41, 5.74) is 1.24. The van der Waals surface area contributed by atoms with Crippen molar-refractivity contribution in [2.45, 2.75) is 69.3 Å². The Morgan fingerprint density at radius 3 is 2.14 bits per heavy atom. The van der Waals surface area contributed by atoms with Crippen molar-refractivity contribution < 1.29 is 4.74 Å². The molecule has 0 spiro atoms. The zero-order chi connectivity index (χ0) is 16.4. The zero-order valence-electron chi connectivity index (χ0n) is 15.0. The lowest BCUT2D eigenvalue weighted by Gasteiger charge is -2.45. The van der Waals surface area contributed by atoms with Crippen molar-refractivity contribution in [3.05, 3.63) is 36.4 Å². The Morgan fingerprint density at radius 2 is 1.68 bits per heavy atom. The minimum atomic E-state index is -1.16. The molecule has 0 bridgehead atoms. The Balaban J connectivity index is 2.19. The second-order valence-electron chi connectivity index (χ2n) is 8.96. The maximum Gasteiger partial charge on any atom is 0.120 e. The van der Waals surface area contributed by atoms with E-state index in [1.165, 1.54) is 31.0 Å². The average Bonchev–Trinajstić information content (AvgIpc) is 2.42. The quantitative estimate of drug-likeness (QED) is 0.576. The molecule has 1 aliphatic rings. The molecule has 3 heteroatoms. The number of hydrogen-bond donors (Lipinski definition) is 0. The summed E-state index contributed by atoms with van der Waals surface area (Å²) in [6, 6.07) is 12.5. The minimum absolute atomic E-state index is 0.0860. The summed E-state index contributed by atoms with van der Waals surface area (Å²) in [6.07, 6.45) is 4.38. The normalized spacial score (nSPS) is 20.4. The number of ether oxygens (including phenoxy) is 1. The molecule has 0 N–H and O–H groups in total. The Kier molecular flexibility index (Phi) is 5.07. The van der Waals surface area contributed by atoms with E-state index in [2.05, 4.69) is 63.6 Å². The van der Waals surface area contributed by atoms with Crippen LogP contribution in [0.3, 0.4) is 0 Å². The molecule has 0 saturated carbocycles. The molecule has 1 aromatic rings. The summed E-state index contributed by atoms with van der Waals surface area (Å²) in [6.45, 7) is 16.3. The van der Waals surface area contributed by atoms with Crippen molar-refractivity contribution in [3.63, 3.8) is 0 Å². The van der Waals surface area contributed by atoms with Crippen LogP contribution in [0.15, 0.2) is 30.8 Å². The van der Waals surface area contributed by atoms with E-state index in [0.29, 0.717) is 0 Å². The molecule has 0 aromatic heterocycles. The maximum absolute atomic E-state index is 6.63. The lowest BCUT2D eigenvalue weighted by Crippen LogP contribution is -2.49. The van der Waals surface area contributed by atoms with Crippen LogP contribution in [-0.2, 0) is 0 Å². The minimum Gasteiger partial charge on any atom is -0.488 e. The van der Waals surface area contributed by atoms with Gasteiger partial charge < -0.3 is 4.74 Å². The van der Waals surface area contributed by atoms with Crippen LogP contribution in [-0.4, -0.2) is 21.7 Å². The maximum atomic E-state index is 6.63. The van der Waals surface area contributed by atoms with Crippen molar-refractivity contribution in [2.24, 2.45) is 0 Å². The first kappa shape index (κ1) is 17.5. The molecule has 1 nitrogen and oxygen atoms in total. The van der Waals surface area contributed by atoms with Crippen molar-refractivity contribution in [3.8, 4) is 5.75 Å². The average molecular weight is 333 g/mol. The third kappa shape index (κ3) is 4.85. The monoisotopic (exact) mass is 332 g/mol. The predicted octanol–water partition coefficient (Wildman–Crippen LogP) is 6.29. The van der Waals surface area contributed by atoms with E-state index in [4.69, 9.17) is 4.74 Å². The molecule has 0 unspecified atom stereocenters. The van der Waals surface area contributed by atoms with Crippen molar-refractivity contribution in [1.82, 2.24) is 0 Å². The van der Waals surface area contributed by atoms with Gasteiger partial charge in [-0.05, 0) is 36.6 Å². The van der Waals surface area contributed by atoms with E-state index >= 15 is 0 Å². The fourth-order valence-electron chi connectivity index (χ4n) is 3.59. The van der Waals surface area contributed by atoms with Gasteiger partial charge in [0.25, 0.3) is 0 Å². The summed E-state index contributed by atoms with van der Waals surface area (Å²) in [7, 11) is -2.13. The van der Waals surface area contributed by atoms with Gasteiger partial charge >= 0.3 is 0 Å². The molecular formula is C19H32OSi2. The predicted molar refractivity (Wildman–Crippen MR) is 104 cm³/mol. The lowest BCUT2D eigenvalue weighted by atomic mass is 9.98. The largest absolute Gasteiger partial charge is 0.488 e. The van der Waals surface area contributed by atoms with Gasteiger partial charge in [0.05, 0.1) is 0 Å². The molecule has 0 aliphatic carbocycles. The van der Waals surface area contributed by atoms with Crippen LogP contribution in [0.4, 0.5) is 0 Å². The van der Waals surface area contributed by atoms with E-state index in [1.807, 2.05) is 6.08 Å². The molecule has 1 fully saturated rings. The Bertz CT molecular complexity index is 501. The second-order valence-corrected chi connectivity index (χ2v) is 19.8. The third-order valence-electron chi connectivity index (χ3n) is 4.82. The number of hydrogen-bond acceptors (Lipinski definition) is 1. The van der Waals surface area contributed by atoms with Gasteiger partial charge in [0.1, 0.15) is 11.4 Å². The third-order valence-corrected chi connectivity index (χ3v) is 9.73. The van der Waals surface area contributed by atoms with Crippen LogP contribution in [0.1, 0.15) is 18.4 Å². The van der Waals surface area contributed by atoms with Gasteiger partial charge in [-0.2, -0.15) is 0 Å². The van der Waals surface area contributed by atoms with E-state index < -0.39 is 16.1 Å². The molecule has 122 valence electrons. The molecule has 1 saturated heterocycles. The highest BCUT2D eigenvalue weighted by Crippen LogP contribution is 2.43. The number of benzene rings is 1. The highest BCUT2D eigenvalue weighted by molar-refractivity contribution is 6.78. The molecule has 1 aromatic carbocycles. The van der Waals surface area contributed by atoms with Gasteiger partial charge in [0, 0.05) is 16.1 Å². The SMILES string of the molecule is C=Cc1ccc(OC2(C[Si](C)(C)C)CC[Si](C)(C)CC2)cc1. The molecule has 22 heavy (non-hydrogen) atoms. The van der Waals surface area contributed by atoms with E-state index in [9.17, 15) is 0 Å². The van der Waals surface area contributed by atoms with Gasteiger partial charge in [-0.25, -0.2) is 0 Å². The van der Waals surface area contributed by atoms with Gasteiger partial charge in [0.2, 0.25) is 0 Å². The summed E-state index contributed by atoms with van der Waals surface area (Å²) in [5, 5.41) is 0. The van der Waals surface area contributed by atoms with Crippen LogP contribution in [0, 0.1) is 0 Å². The van der Waals surface area contributed by atoms with Crippen molar-refractivity contribution >= 4 is 22.2 Å². The van der Waals surface area contributed by atoms with E-state index in [-0.39, 0.29) is 5.60 Å². The molecule has 1 aliphatic heterocycles. The van der Waals surface area contributed by atoms with Gasteiger partial charge in [-0.3, -0.25) is 0 Å². The van der Waals surface area contributed by atoms with Crippen molar-refractivity contribution in [1.29, 1.82) is 0 Å². The first-order valence-electron chi connectivity index (χ1n) is 8.55. The highest BCUT2D eigenvalue weighted by atomic mass is 28.3. The molecule has 1 heterocycles. The summed E-state index contributed by atoms with van der Waals surface area (Å²) in [5.74, 6) is 1.03. The molecule has 2 rings (SSSR count). The van der Waals surface area contributed by atoms with Gasteiger partial charge in [-0.1, -0.05) is 69.6 Å². The van der Waals surface area contributed by atoms with E-state index in [1.54, 1.807) is 0 Å². The first-order valence-corrected chi connectivity index (χ1v) is 15.7. The summed E-state index contributed by atoms with van der Waals surface area (Å²) < 4.78 is 6.63. The Labute approximate surface area is 138 Å². The second kappa shape index (κ2) is 6.36. The standard InChI is InChI=1S/C19H32OSi2/c1-7-17-8-10-18(11-9-17)20-19(16-21(2,3)4)12-14-22(5,6)15-13-19/h7-11H,1,12-16H2,2-6H3. The summed E-state index contributed by atoms with van der Waals surface area (Å²) >= 11 is 0. The van der Waals surface area contributed by atoms with E-state index in [0.717, 1.165) is 11.3 Å². The molecule has 0 radical (unpaired) electrons. The topological polar surface area (TPSA) is 9.23 Å². The first-order chi connectivity index (χ1) is 10.1. The van der Waals surface area contributed by atoms with Crippen LogP contribution < -0.4 is 4.74 Å². The lowest BCUT2D eigenvalue weighted by molar-refractivity contribution is 0.0730. The fourth-order valence-corrected chi connectivity index (χ4v) is 8.46. The van der Waals surface area contributed by atoms with Crippen LogP contribution in [0.25, 0.3) is 6.08 Å². The van der Waals surface area contributed by atoms with Crippen molar-refractivity contribution in [2.75, 3.05) is 0 Å². The van der Waals surface area contributed by atoms with Crippen LogP contribution >= 0.6 is 0 Å².